The zero-order valence-corrected chi connectivity index (χ0v) is 10.5. The van der Waals surface area contributed by atoms with Crippen molar-refractivity contribution in [2.45, 2.75) is 13.5 Å². The van der Waals surface area contributed by atoms with Gasteiger partial charge >= 0.3 is 5.97 Å². The predicted molar refractivity (Wildman–Crippen MR) is 69.5 cm³/mol. The SMILES string of the molecule is CC(CNC(=O)Cn1cnc2ccccc21)C(=O)O. The lowest BCUT2D eigenvalue weighted by Gasteiger charge is -2.09. The minimum Gasteiger partial charge on any atom is -0.481 e. The summed E-state index contributed by atoms with van der Waals surface area (Å²) in [6.07, 6.45) is 1.60. The van der Waals surface area contributed by atoms with E-state index in [2.05, 4.69) is 10.3 Å². The third kappa shape index (κ3) is 3.09. The summed E-state index contributed by atoms with van der Waals surface area (Å²) in [7, 11) is 0. The van der Waals surface area contributed by atoms with Gasteiger partial charge in [-0.25, -0.2) is 4.98 Å². The maximum absolute atomic E-state index is 11.7. The number of hydrogen-bond donors (Lipinski definition) is 2. The fourth-order valence-corrected chi connectivity index (χ4v) is 1.70. The molecule has 0 spiro atoms. The van der Waals surface area contributed by atoms with Crippen LogP contribution in [0.1, 0.15) is 6.92 Å². The van der Waals surface area contributed by atoms with Gasteiger partial charge in [-0.2, -0.15) is 0 Å². The molecule has 0 aliphatic carbocycles. The van der Waals surface area contributed by atoms with Crippen LogP contribution < -0.4 is 5.32 Å². The smallest absolute Gasteiger partial charge is 0.308 e. The zero-order chi connectivity index (χ0) is 13.8. The molecule has 1 heterocycles. The number of aliphatic carboxylic acids is 1. The number of para-hydroxylation sites is 2. The average Bonchev–Trinajstić information content (AvgIpc) is 2.79. The molecule has 0 radical (unpaired) electrons. The second-order valence-corrected chi connectivity index (χ2v) is 4.40. The number of fused-ring (bicyclic) bond motifs is 1. The van der Waals surface area contributed by atoms with Gasteiger partial charge in [0.2, 0.25) is 5.91 Å². The first-order valence-electron chi connectivity index (χ1n) is 5.97. The topological polar surface area (TPSA) is 84.2 Å². The summed E-state index contributed by atoms with van der Waals surface area (Å²) in [5, 5.41) is 11.3. The quantitative estimate of drug-likeness (QED) is 0.836. The molecule has 6 heteroatoms. The molecule has 1 unspecified atom stereocenters. The zero-order valence-electron chi connectivity index (χ0n) is 10.5. The molecule has 0 aliphatic heterocycles. The minimum absolute atomic E-state index is 0.126. The average molecular weight is 261 g/mol. The highest BCUT2D eigenvalue weighted by molar-refractivity contribution is 5.81. The standard InChI is InChI=1S/C13H15N3O3/c1-9(13(18)19)6-14-12(17)7-16-8-15-10-4-2-3-5-11(10)16/h2-5,8-9H,6-7H2,1H3,(H,14,17)(H,18,19). The van der Waals surface area contributed by atoms with Crippen molar-refractivity contribution in [2.24, 2.45) is 5.92 Å². The molecule has 0 bridgehead atoms. The molecular formula is C13H15N3O3. The van der Waals surface area contributed by atoms with Gasteiger partial charge in [-0.15, -0.1) is 0 Å². The Kier molecular flexibility index (Phi) is 3.79. The van der Waals surface area contributed by atoms with Gasteiger partial charge in [0.25, 0.3) is 0 Å². The first kappa shape index (κ1) is 13.1. The highest BCUT2D eigenvalue weighted by atomic mass is 16.4. The van der Waals surface area contributed by atoms with E-state index in [4.69, 9.17) is 5.11 Å². The summed E-state index contributed by atoms with van der Waals surface area (Å²) in [4.78, 5) is 26.5. The van der Waals surface area contributed by atoms with Gasteiger partial charge in [-0.3, -0.25) is 9.59 Å². The van der Waals surface area contributed by atoms with E-state index in [1.807, 2.05) is 24.3 Å². The highest BCUT2D eigenvalue weighted by Gasteiger charge is 2.12. The lowest BCUT2D eigenvalue weighted by Crippen LogP contribution is -2.33. The maximum Gasteiger partial charge on any atom is 0.308 e. The number of aromatic nitrogens is 2. The summed E-state index contributed by atoms with van der Waals surface area (Å²) in [6.45, 7) is 1.81. The monoisotopic (exact) mass is 261 g/mol. The minimum atomic E-state index is -0.923. The Labute approximate surface area is 110 Å². The van der Waals surface area contributed by atoms with Gasteiger partial charge < -0.3 is 15.0 Å². The molecule has 100 valence electrons. The molecule has 19 heavy (non-hydrogen) atoms. The van der Waals surface area contributed by atoms with Crippen LogP contribution in [0.3, 0.4) is 0 Å². The van der Waals surface area contributed by atoms with Gasteiger partial charge in [-0.05, 0) is 12.1 Å². The van der Waals surface area contributed by atoms with Crippen molar-refractivity contribution in [3.63, 3.8) is 0 Å². The lowest BCUT2D eigenvalue weighted by molar-refractivity contribution is -0.141. The van der Waals surface area contributed by atoms with Crippen LogP contribution >= 0.6 is 0 Å². The molecule has 0 fully saturated rings. The van der Waals surface area contributed by atoms with Crippen molar-refractivity contribution in [1.29, 1.82) is 0 Å². The van der Waals surface area contributed by atoms with Crippen LogP contribution in [0.15, 0.2) is 30.6 Å². The summed E-state index contributed by atoms with van der Waals surface area (Å²) >= 11 is 0. The first-order valence-corrected chi connectivity index (χ1v) is 5.97. The van der Waals surface area contributed by atoms with Gasteiger partial charge in [0, 0.05) is 6.54 Å². The van der Waals surface area contributed by atoms with Crippen molar-refractivity contribution >= 4 is 22.9 Å². The number of nitrogens with one attached hydrogen (secondary N) is 1. The summed E-state index contributed by atoms with van der Waals surface area (Å²) < 4.78 is 1.73. The Morgan fingerprint density at radius 1 is 1.42 bits per heavy atom. The molecule has 2 aromatic rings. The second kappa shape index (κ2) is 5.51. The number of hydrogen-bond acceptors (Lipinski definition) is 3. The molecule has 6 nitrogen and oxygen atoms in total. The number of rotatable bonds is 5. The second-order valence-electron chi connectivity index (χ2n) is 4.40. The Bertz CT molecular complexity index is 606. The molecule has 1 aromatic heterocycles. The molecule has 2 N–H and O–H groups in total. The van der Waals surface area contributed by atoms with Crippen molar-refractivity contribution in [2.75, 3.05) is 6.54 Å². The molecule has 1 amide bonds. The third-order valence-corrected chi connectivity index (χ3v) is 2.87. The lowest BCUT2D eigenvalue weighted by atomic mass is 10.2. The van der Waals surface area contributed by atoms with Crippen LogP contribution in [0.5, 0.6) is 0 Å². The predicted octanol–water partition coefficient (Wildman–Crippen LogP) is 0.873. The highest BCUT2D eigenvalue weighted by Crippen LogP contribution is 2.11. The Morgan fingerprint density at radius 3 is 2.89 bits per heavy atom. The van der Waals surface area contributed by atoms with Gasteiger partial charge in [0.1, 0.15) is 6.54 Å². The van der Waals surface area contributed by atoms with Crippen molar-refractivity contribution < 1.29 is 14.7 Å². The van der Waals surface area contributed by atoms with Crippen molar-refractivity contribution in [3.05, 3.63) is 30.6 Å². The normalized spacial score (nSPS) is 12.3. The first-order chi connectivity index (χ1) is 9.08. The largest absolute Gasteiger partial charge is 0.481 e. The number of carboxylic acids is 1. The molecular weight excluding hydrogens is 246 g/mol. The molecule has 2 rings (SSSR count). The van der Waals surface area contributed by atoms with Crippen LogP contribution in [0.4, 0.5) is 0 Å². The van der Waals surface area contributed by atoms with E-state index in [9.17, 15) is 9.59 Å². The Balaban J connectivity index is 1.97. The van der Waals surface area contributed by atoms with Gasteiger partial charge in [0.15, 0.2) is 0 Å². The maximum atomic E-state index is 11.7. The number of carbonyl (C=O) groups is 2. The number of carbonyl (C=O) groups excluding carboxylic acids is 1. The van der Waals surface area contributed by atoms with Crippen molar-refractivity contribution in [3.8, 4) is 0 Å². The van der Waals surface area contributed by atoms with E-state index >= 15 is 0 Å². The van der Waals surface area contributed by atoms with Crippen molar-refractivity contribution in [1.82, 2.24) is 14.9 Å². The van der Waals surface area contributed by atoms with E-state index in [1.165, 1.54) is 0 Å². The van der Waals surface area contributed by atoms with E-state index in [1.54, 1.807) is 17.8 Å². The van der Waals surface area contributed by atoms with E-state index < -0.39 is 11.9 Å². The van der Waals surface area contributed by atoms with Crippen LogP contribution in [-0.2, 0) is 16.1 Å². The number of imidazole rings is 1. The molecule has 0 saturated carbocycles. The molecule has 0 aliphatic rings. The third-order valence-electron chi connectivity index (χ3n) is 2.87. The summed E-state index contributed by atoms with van der Waals surface area (Å²) in [5.74, 6) is -1.74. The molecule has 0 saturated heterocycles. The van der Waals surface area contributed by atoms with E-state index in [0.717, 1.165) is 11.0 Å². The molecule has 1 atom stereocenters. The fraction of sp³-hybridized carbons (Fsp3) is 0.308. The Morgan fingerprint density at radius 2 is 2.16 bits per heavy atom. The molecule has 1 aromatic carbocycles. The van der Waals surface area contributed by atoms with E-state index in [0.29, 0.717) is 0 Å². The number of benzene rings is 1. The van der Waals surface area contributed by atoms with Gasteiger partial charge in [-0.1, -0.05) is 19.1 Å². The number of carboxylic acid groups (broad SMARTS) is 1. The van der Waals surface area contributed by atoms with Crippen LogP contribution in [-0.4, -0.2) is 33.1 Å². The Hall–Kier alpha value is -2.37. The summed E-state index contributed by atoms with van der Waals surface area (Å²) in [6, 6.07) is 7.52. The van der Waals surface area contributed by atoms with Crippen LogP contribution in [0.2, 0.25) is 0 Å². The summed E-state index contributed by atoms with van der Waals surface area (Å²) in [5.41, 5.74) is 1.71. The fourth-order valence-electron chi connectivity index (χ4n) is 1.70. The van der Waals surface area contributed by atoms with Crippen LogP contribution in [0.25, 0.3) is 11.0 Å². The van der Waals surface area contributed by atoms with Crippen LogP contribution in [0, 0.1) is 5.92 Å². The van der Waals surface area contributed by atoms with Gasteiger partial charge in [0.05, 0.1) is 23.3 Å². The van der Waals surface area contributed by atoms with E-state index in [-0.39, 0.29) is 19.0 Å². The number of nitrogens with zero attached hydrogens (tertiary/aromatic N) is 2. The number of amides is 1.